The second-order valence-corrected chi connectivity index (χ2v) is 3.33. The first-order chi connectivity index (χ1) is 6.42. The first-order valence-electron chi connectivity index (χ1n) is 4.18. The van der Waals surface area contributed by atoms with Gasteiger partial charge in [-0.25, -0.2) is 9.18 Å². The van der Waals surface area contributed by atoms with Crippen LogP contribution >= 0.6 is 0 Å². The van der Waals surface area contributed by atoms with Gasteiger partial charge in [-0.15, -0.1) is 0 Å². The van der Waals surface area contributed by atoms with E-state index >= 15 is 0 Å². The molecular weight excluding hydrogens is 185 g/mol. The molecule has 0 aliphatic rings. The monoisotopic (exact) mass is 197 g/mol. The van der Waals surface area contributed by atoms with Gasteiger partial charge in [0.1, 0.15) is 0 Å². The number of rotatable bonds is 3. The summed E-state index contributed by atoms with van der Waals surface area (Å²) in [6, 6.07) is 6.90. The fourth-order valence-electron chi connectivity index (χ4n) is 1.08. The molecule has 1 aromatic carbocycles. The van der Waals surface area contributed by atoms with Crippen LogP contribution in [0.25, 0.3) is 0 Å². The molecule has 0 aliphatic heterocycles. The zero-order chi connectivity index (χ0) is 10.8. The summed E-state index contributed by atoms with van der Waals surface area (Å²) in [6.07, 6.45) is -0.317. The Hall–Kier alpha value is -1.42. The predicted octanol–water partition coefficient (Wildman–Crippen LogP) is 1.25. The van der Waals surface area contributed by atoms with E-state index in [4.69, 9.17) is 10.8 Å². The Kier molecular flexibility index (Phi) is 2.86. The zero-order valence-corrected chi connectivity index (χ0v) is 7.83. The van der Waals surface area contributed by atoms with Gasteiger partial charge in [0.25, 0.3) is 5.79 Å². The maximum Gasteiger partial charge on any atom is 0.356 e. The van der Waals surface area contributed by atoms with Crippen LogP contribution in [0, 0.1) is 6.92 Å². The molecule has 0 aromatic heterocycles. The number of nitrogens with two attached hydrogens (primary N) is 1. The molecule has 0 bridgehead atoms. The van der Waals surface area contributed by atoms with Crippen molar-refractivity contribution in [1.82, 2.24) is 0 Å². The van der Waals surface area contributed by atoms with E-state index in [0.717, 1.165) is 5.56 Å². The van der Waals surface area contributed by atoms with Crippen LogP contribution < -0.4 is 5.73 Å². The van der Waals surface area contributed by atoms with E-state index in [2.05, 4.69) is 0 Å². The fourth-order valence-corrected chi connectivity index (χ4v) is 1.08. The molecule has 3 nitrogen and oxygen atoms in total. The van der Waals surface area contributed by atoms with Crippen LogP contribution in [0.4, 0.5) is 4.39 Å². The lowest BCUT2D eigenvalue weighted by atomic mass is 10.0. The number of hydrogen-bond acceptors (Lipinski definition) is 2. The van der Waals surface area contributed by atoms with Gasteiger partial charge >= 0.3 is 5.97 Å². The highest BCUT2D eigenvalue weighted by atomic mass is 19.1. The summed E-state index contributed by atoms with van der Waals surface area (Å²) in [5.41, 5.74) is 6.57. The summed E-state index contributed by atoms with van der Waals surface area (Å²) in [6.45, 7) is 1.89. The van der Waals surface area contributed by atoms with Crippen LogP contribution in [0.2, 0.25) is 0 Å². The van der Waals surface area contributed by atoms with E-state index in [1.807, 2.05) is 6.92 Å². The maximum atomic E-state index is 13.2. The summed E-state index contributed by atoms with van der Waals surface area (Å²) in [5.74, 6) is -4.33. The summed E-state index contributed by atoms with van der Waals surface area (Å²) >= 11 is 0. The number of aliphatic carboxylic acids is 1. The van der Waals surface area contributed by atoms with Crippen LogP contribution in [0.5, 0.6) is 0 Å². The molecule has 0 heterocycles. The Morgan fingerprint density at radius 2 is 2.00 bits per heavy atom. The van der Waals surface area contributed by atoms with Crippen molar-refractivity contribution in [3.63, 3.8) is 0 Å². The van der Waals surface area contributed by atoms with Crippen molar-refractivity contribution in [3.8, 4) is 0 Å². The van der Waals surface area contributed by atoms with Gasteiger partial charge in [0, 0.05) is 6.42 Å². The average molecular weight is 197 g/mol. The van der Waals surface area contributed by atoms with Crippen LogP contribution in [0.3, 0.4) is 0 Å². The van der Waals surface area contributed by atoms with E-state index in [1.165, 1.54) is 0 Å². The molecule has 0 saturated carbocycles. The molecular formula is C10H12FNO2. The second-order valence-electron chi connectivity index (χ2n) is 3.33. The number of carbonyl (C=O) groups is 1. The highest BCUT2D eigenvalue weighted by molar-refractivity contribution is 5.76. The first kappa shape index (κ1) is 10.7. The maximum absolute atomic E-state index is 13.2. The quantitative estimate of drug-likeness (QED) is 0.717. The Morgan fingerprint density at radius 1 is 1.50 bits per heavy atom. The summed E-state index contributed by atoms with van der Waals surface area (Å²) in [5, 5.41) is 8.46. The third-order valence-electron chi connectivity index (χ3n) is 1.94. The number of alkyl halides is 1. The van der Waals surface area contributed by atoms with E-state index in [0.29, 0.717) is 5.56 Å². The van der Waals surface area contributed by atoms with Gasteiger partial charge in [-0.1, -0.05) is 29.8 Å². The van der Waals surface area contributed by atoms with Crippen molar-refractivity contribution >= 4 is 5.97 Å². The third kappa shape index (κ3) is 2.53. The topological polar surface area (TPSA) is 63.3 Å². The fraction of sp³-hybridized carbons (Fsp3) is 0.300. The number of carboxylic acid groups (broad SMARTS) is 1. The lowest BCUT2D eigenvalue weighted by Crippen LogP contribution is -2.45. The van der Waals surface area contributed by atoms with Crippen molar-refractivity contribution in [1.29, 1.82) is 0 Å². The standard InChI is InChI=1S/C10H12FNO2/c1-7-2-4-8(5-3-7)6-10(11,12)9(13)14/h2-5H,6,12H2,1H3,(H,13,14). The van der Waals surface area contributed by atoms with Crippen LogP contribution in [-0.4, -0.2) is 16.9 Å². The van der Waals surface area contributed by atoms with Gasteiger partial charge < -0.3 is 5.11 Å². The minimum absolute atomic E-state index is 0.317. The molecule has 76 valence electrons. The number of halogens is 1. The lowest BCUT2D eigenvalue weighted by Gasteiger charge is -2.14. The second kappa shape index (κ2) is 3.75. The number of benzene rings is 1. The molecule has 3 N–H and O–H groups in total. The zero-order valence-electron chi connectivity index (χ0n) is 7.83. The van der Waals surface area contributed by atoms with Gasteiger partial charge in [-0.3, -0.25) is 5.73 Å². The van der Waals surface area contributed by atoms with E-state index in [1.54, 1.807) is 24.3 Å². The molecule has 0 saturated heterocycles. The number of aryl methyl sites for hydroxylation is 1. The van der Waals surface area contributed by atoms with Gasteiger partial charge in [0.15, 0.2) is 0 Å². The number of carboxylic acids is 1. The van der Waals surface area contributed by atoms with Crippen molar-refractivity contribution in [3.05, 3.63) is 35.4 Å². The third-order valence-corrected chi connectivity index (χ3v) is 1.94. The minimum atomic E-state index is -2.69. The van der Waals surface area contributed by atoms with Gasteiger partial charge in [0.05, 0.1) is 0 Å². The Labute approximate surface area is 81.4 Å². The molecule has 1 rings (SSSR count). The van der Waals surface area contributed by atoms with Gasteiger partial charge in [0.2, 0.25) is 0 Å². The van der Waals surface area contributed by atoms with Crippen molar-refractivity contribution in [2.45, 2.75) is 19.1 Å². The van der Waals surface area contributed by atoms with Gasteiger partial charge in [-0.2, -0.15) is 0 Å². The van der Waals surface area contributed by atoms with Crippen LogP contribution in [-0.2, 0) is 11.2 Å². The molecule has 14 heavy (non-hydrogen) atoms. The van der Waals surface area contributed by atoms with Crippen molar-refractivity contribution < 1.29 is 14.3 Å². The van der Waals surface area contributed by atoms with E-state index in [9.17, 15) is 9.18 Å². The van der Waals surface area contributed by atoms with Crippen molar-refractivity contribution in [2.24, 2.45) is 5.73 Å². The molecule has 0 radical (unpaired) electrons. The highest BCUT2D eigenvalue weighted by Gasteiger charge is 2.33. The van der Waals surface area contributed by atoms with Crippen LogP contribution in [0.1, 0.15) is 11.1 Å². The van der Waals surface area contributed by atoms with E-state index < -0.39 is 11.8 Å². The summed E-state index contributed by atoms with van der Waals surface area (Å²) < 4.78 is 13.2. The van der Waals surface area contributed by atoms with Crippen molar-refractivity contribution in [2.75, 3.05) is 0 Å². The smallest absolute Gasteiger partial charge is 0.356 e. The molecule has 0 spiro atoms. The molecule has 1 aromatic rings. The average Bonchev–Trinajstić information content (AvgIpc) is 2.08. The molecule has 0 amide bonds. The SMILES string of the molecule is Cc1ccc(CC(N)(F)C(=O)O)cc1. The largest absolute Gasteiger partial charge is 0.478 e. The molecule has 0 fully saturated rings. The molecule has 0 aliphatic carbocycles. The summed E-state index contributed by atoms with van der Waals surface area (Å²) in [4.78, 5) is 10.4. The number of hydrogen-bond donors (Lipinski definition) is 2. The first-order valence-corrected chi connectivity index (χ1v) is 4.18. The minimum Gasteiger partial charge on any atom is -0.478 e. The highest BCUT2D eigenvalue weighted by Crippen LogP contribution is 2.13. The Balaban J connectivity index is 2.79. The molecule has 4 heteroatoms. The molecule has 1 atom stereocenters. The molecule has 1 unspecified atom stereocenters. The normalized spacial score (nSPS) is 14.8. The van der Waals surface area contributed by atoms with Gasteiger partial charge in [-0.05, 0) is 12.5 Å². The van der Waals surface area contributed by atoms with E-state index in [-0.39, 0.29) is 6.42 Å². The predicted molar refractivity (Wildman–Crippen MR) is 50.5 cm³/mol. The Bertz CT molecular complexity index is 332. The lowest BCUT2D eigenvalue weighted by molar-refractivity contribution is -0.150. The summed E-state index contributed by atoms with van der Waals surface area (Å²) in [7, 11) is 0. The van der Waals surface area contributed by atoms with Crippen LogP contribution in [0.15, 0.2) is 24.3 Å². The Morgan fingerprint density at radius 3 is 2.43 bits per heavy atom.